The number of phenolic OH excluding ortho intramolecular Hbond substituents is 1. The Bertz CT molecular complexity index is 1630. The fraction of sp³-hybridized carbons (Fsp3) is 0.370. The SMILES string of the molecule is Cc1cc(OC(F)(F)F)ccc1CNC(=O)c1cn(CC(F)(F)F)c2c(O)c(N3CCC(C(=O)O)CC3)c(F)cc2c1=O. The van der Waals surface area contributed by atoms with Gasteiger partial charge in [-0.15, -0.1) is 13.2 Å². The van der Waals surface area contributed by atoms with Crippen LogP contribution >= 0.6 is 0 Å². The molecule has 9 nitrogen and oxygen atoms in total. The van der Waals surface area contributed by atoms with Gasteiger partial charge in [-0.05, 0) is 49.1 Å². The summed E-state index contributed by atoms with van der Waals surface area (Å²) in [5.41, 5.74) is -2.59. The van der Waals surface area contributed by atoms with Crippen LogP contribution in [-0.2, 0) is 17.9 Å². The van der Waals surface area contributed by atoms with Gasteiger partial charge in [-0.2, -0.15) is 13.2 Å². The molecule has 232 valence electrons. The van der Waals surface area contributed by atoms with Crippen LogP contribution in [-0.4, -0.2) is 52.3 Å². The first-order valence-electron chi connectivity index (χ1n) is 12.7. The molecule has 3 N–H and O–H groups in total. The summed E-state index contributed by atoms with van der Waals surface area (Å²) in [5.74, 6) is -5.59. The molecule has 0 radical (unpaired) electrons. The van der Waals surface area contributed by atoms with Crippen molar-refractivity contribution < 1.29 is 55.3 Å². The van der Waals surface area contributed by atoms with Crippen molar-refractivity contribution in [1.82, 2.24) is 9.88 Å². The third kappa shape index (κ3) is 7.11. The Balaban J connectivity index is 1.70. The number of hydrogen-bond acceptors (Lipinski definition) is 6. The van der Waals surface area contributed by atoms with Crippen molar-refractivity contribution in [3.05, 3.63) is 63.2 Å². The Morgan fingerprint density at radius 1 is 1.09 bits per heavy atom. The molecule has 1 amide bonds. The number of carbonyl (C=O) groups is 2. The molecule has 0 atom stereocenters. The van der Waals surface area contributed by atoms with Gasteiger partial charge in [-0.3, -0.25) is 14.4 Å². The maximum atomic E-state index is 15.3. The van der Waals surface area contributed by atoms with Crippen molar-refractivity contribution in [3.63, 3.8) is 0 Å². The quantitative estimate of drug-likeness (QED) is 0.324. The van der Waals surface area contributed by atoms with Gasteiger partial charge in [-0.1, -0.05) is 6.07 Å². The summed E-state index contributed by atoms with van der Waals surface area (Å²) in [6, 6.07) is 3.87. The molecule has 16 heteroatoms. The van der Waals surface area contributed by atoms with Gasteiger partial charge in [0.05, 0.1) is 16.8 Å². The Morgan fingerprint density at radius 3 is 2.30 bits per heavy atom. The van der Waals surface area contributed by atoms with Gasteiger partial charge in [0, 0.05) is 25.8 Å². The number of phenols is 1. The average Bonchev–Trinajstić information content (AvgIpc) is 2.88. The summed E-state index contributed by atoms with van der Waals surface area (Å²) in [5, 5.41) is 21.8. The zero-order chi connectivity index (χ0) is 31.9. The van der Waals surface area contributed by atoms with Crippen LogP contribution in [0.1, 0.15) is 34.3 Å². The minimum Gasteiger partial charge on any atom is -0.504 e. The minimum absolute atomic E-state index is 0.0281. The Labute approximate surface area is 238 Å². The highest BCUT2D eigenvalue weighted by Gasteiger charge is 2.34. The van der Waals surface area contributed by atoms with Gasteiger partial charge in [0.15, 0.2) is 11.6 Å². The zero-order valence-corrected chi connectivity index (χ0v) is 22.3. The molecule has 1 aromatic heterocycles. The number of aliphatic carboxylic acids is 1. The first kappa shape index (κ1) is 31.4. The summed E-state index contributed by atoms with van der Waals surface area (Å²) in [6.45, 7) is -0.730. The summed E-state index contributed by atoms with van der Waals surface area (Å²) < 4.78 is 97.5. The summed E-state index contributed by atoms with van der Waals surface area (Å²) >= 11 is 0. The standard InChI is InChI=1S/C27H24F7N3O6/c1-13-8-16(43-27(32,33)34)3-2-15(13)10-35-24(40)18-11-37(12-26(29,30)31)20-17(22(18)38)9-19(28)21(23(20)39)36-6-4-14(5-7-36)25(41)42/h2-3,8-9,11,14,39H,4-7,10,12H2,1H3,(H,35,40)(H,41,42). The number of carbonyl (C=O) groups excluding carboxylic acids is 1. The Hall–Kier alpha value is -4.50. The first-order chi connectivity index (χ1) is 19.9. The number of anilines is 1. The number of pyridine rings is 1. The highest BCUT2D eigenvalue weighted by molar-refractivity contribution is 5.99. The van der Waals surface area contributed by atoms with E-state index in [9.17, 15) is 50.9 Å². The van der Waals surface area contributed by atoms with Crippen molar-refractivity contribution in [2.75, 3.05) is 18.0 Å². The van der Waals surface area contributed by atoms with Gasteiger partial charge in [0.25, 0.3) is 5.91 Å². The van der Waals surface area contributed by atoms with Gasteiger partial charge in [0.2, 0.25) is 5.43 Å². The van der Waals surface area contributed by atoms with Crippen LogP contribution in [0.5, 0.6) is 11.5 Å². The van der Waals surface area contributed by atoms with Crippen LogP contribution in [0.4, 0.5) is 36.4 Å². The highest BCUT2D eigenvalue weighted by atomic mass is 19.4. The number of halogens is 7. The number of carboxylic acids is 1. The van der Waals surface area contributed by atoms with E-state index in [4.69, 9.17) is 0 Å². The van der Waals surface area contributed by atoms with E-state index in [1.165, 1.54) is 17.9 Å². The summed E-state index contributed by atoms with van der Waals surface area (Å²) in [4.78, 5) is 38.7. The largest absolute Gasteiger partial charge is 0.573 e. The van der Waals surface area contributed by atoms with Crippen molar-refractivity contribution in [3.8, 4) is 11.5 Å². The molecule has 3 aromatic rings. The molecule has 2 heterocycles. The number of alkyl halides is 6. The average molecular weight is 619 g/mol. The fourth-order valence-corrected chi connectivity index (χ4v) is 4.97. The van der Waals surface area contributed by atoms with Crippen molar-refractivity contribution in [2.45, 2.75) is 45.4 Å². The number of benzene rings is 2. The first-order valence-corrected chi connectivity index (χ1v) is 12.7. The van der Waals surface area contributed by atoms with Gasteiger partial charge < -0.3 is 29.7 Å². The second kappa shape index (κ2) is 11.6. The minimum atomic E-state index is -4.93. The normalized spacial score (nSPS) is 14.7. The van der Waals surface area contributed by atoms with Gasteiger partial charge in [-0.25, -0.2) is 4.39 Å². The predicted octanol–water partition coefficient (Wildman–Crippen LogP) is 4.85. The number of aromatic hydroxyl groups is 1. The molecule has 2 aromatic carbocycles. The third-order valence-electron chi connectivity index (χ3n) is 7.00. The van der Waals surface area contributed by atoms with E-state index in [-0.39, 0.29) is 38.0 Å². The molecular formula is C27H24F7N3O6. The lowest BCUT2D eigenvalue weighted by atomic mass is 9.96. The number of rotatable bonds is 7. The highest BCUT2D eigenvalue weighted by Crippen LogP contribution is 2.39. The van der Waals surface area contributed by atoms with Crippen LogP contribution in [0.15, 0.2) is 35.3 Å². The molecule has 0 bridgehead atoms. The lowest BCUT2D eigenvalue weighted by Gasteiger charge is -2.33. The molecule has 1 aliphatic rings. The number of fused-ring (bicyclic) bond motifs is 1. The molecule has 1 aliphatic heterocycles. The number of aromatic nitrogens is 1. The summed E-state index contributed by atoms with van der Waals surface area (Å²) in [7, 11) is 0. The molecule has 4 rings (SSSR count). The van der Waals surface area contributed by atoms with E-state index in [1.54, 1.807) is 0 Å². The van der Waals surface area contributed by atoms with Crippen LogP contribution in [0.2, 0.25) is 0 Å². The van der Waals surface area contributed by atoms with E-state index in [0.717, 1.165) is 12.1 Å². The van der Waals surface area contributed by atoms with Crippen LogP contribution in [0, 0.1) is 18.7 Å². The molecule has 1 fully saturated rings. The lowest BCUT2D eigenvalue weighted by molar-refractivity contribution is -0.274. The fourth-order valence-electron chi connectivity index (χ4n) is 4.97. The van der Waals surface area contributed by atoms with Gasteiger partial charge >= 0.3 is 18.5 Å². The second-order valence-electron chi connectivity index (χ2n) is 9.99. The number of carboxylic acid groups (broad SMARTS) is 1. The van der Waals surface area contributed by atoms with E-state index < -0.39 is 81.8 Å². The topological polar surface area (TPSA) is 121 Å². The number of aryl methyl sites for hydroxylation is 1. The number of nitrogens with one attached hydrogen (secondary N) is 1. The van der Waals surface area contributed by atoms with E-state index in [1.807, 2.05) is 0 Å². The predicted molar refractivity (Wildman–Crippen MR) is 137 cm³/mol. The van der Waals surface area contributed by atoms with E-state index in [0.29, 0.717) is 22.4 Å². The van der Waals surface area contributed by atoms with Crippen molar-refractivity contribution >= 4 is 28.5 Å². The molecule has 0 spiro atoms. The maximum absolute atomic E-state index is 15.3. The van der Waals surface area contributed by atoms with Crippen LogP contribution in [0.25, 0.3) is 10.9 Å². The number of ether oxygens (including phenoxy) is 1. The van der Waals surface area contributed by atoms with Crippen molar-refractivity contribution in [1.29, 1.82) is 0 Å². The molecular weight excluding hydrogens is 595 g/mol. The van der Waals surface area contributed by atoms with Crippen LogP contribution in [0.3, 0.4) is 0 Å². The maximum Gasteiger partial charge on any atom is 0.573 e. The van der Waals surface area contributed by atoms with Crippen LogP contribution < -0.4 is 20.4 Å². The lowest BCUT2D eigenvalue weighted by Crippen LogP contribution is -2.37. The van der Waals surface area contributed by atoms with E-state index in [2.05, 4.69) is 10.1 Å². The van der Waals surface area contributed by atoms with Crippen molar-refractivity contribution in [2.24, 2.45) is 5.92 Å². The second-order valence-corrected chi connectivity index (χ2v) is 9.99. The molecule has 1 saturated heterocycles. The number of piperidine rings is 1. The Kier molecular flexibility index (Phi) is 8.51. The van der Waals surface area contributed by atoms with E-state index >= 15 is 4.39 Å². The molecule has 0 unspecified atom stereocenters. The number of hydrogen-bond donors (Lipinski definition) is 3. The smallest absolute Gasteiger partial charge is 0.504 e. The molecule has 0 saturated carbocycles. The molecule has 0 aliphatic carbocycles. The van der Waals surface area contributed by atoms with Gasteiger partial charge in [0.1, 0.15) is 23.5 Å². The zero-order valence-electron chi connectivity index (χ0n) is 22.3. The third-order valence-corrected chi connectivity index (χ3v) is 7.00. The monoisotopic (exact) mass is 619 g/mol. The Morgan fingerprint density at radius 2 is 1.74 bits per heavy atom. The number of nitrogens with zero attached hydrogens (tertiary/aromatic N) is 2. The number of amides is 1. The summed E-state index contributed by atoms with van der Waals surface area (Å²) in [6.07, 6.45) is -9.08. The molecule has 43 heavy (non-hydrogen) atoms.